The second-order valence-corrected chi connectivity index (χ2v) is 6.20. The van der Waals surface area contributed by atoms with Crippen LogP contribution in [0.5, 0.6) is 0 Å². The van der Waals surface area contributed by atoms with Crippen molar-refractivity contribution in [3.63, 3.8) is 0 Å². The van der Waals surface area contributed by atoms with Crippen LogP contribution < -0.4 is 0 Å². The maximum absolute atomic E-state index is 12.6. The molecule has 1 aliphatic heterocycles. The fourth-order valence-electron chi connectivity index (χ4n) is 2.80. The van der Waals surface area contributed by atoms with Gasteiger partial charge in [-0.15, -0.1) is 5.10 Å². The Kier molecular flexibility index (Phi) is 2.93. The van der Waals surface area contributed by atoms with Crippen LogP contribution in [0.25, 0.3) is 5.65 Å². The highest BCUT2D eigenvalue weighted by molar-refractivity contribution is 7.07. The molecule has 0 atom stereocenters. The van der Waals surface area contributed by atoms with Crippen molar-refractivity contribution < 1.29 is 4.79 Å². The van der Waals surface area contributed by atoms with E-state index in [9.17, 15) is 4.79 Å². The van der Waals surface area contributed by atoms with Crippen molar-refractivity contribution in [3.05, 3.63) is 39.8 Å². The number of amides is 1. The zero-order valence-electron chi connectivity index (χ0n) is 12.3. The van der Waals surface area contributed by atoms with Gasteiger partial charge < -0.3 is 4.90 Å². The SMILES string of the molecule is Cc1cc2ncc3c(n2n1)CCN(C(=O)c1snnc1C)C3. The Balaban J connectivity index is 1.68. The third-order valence-corrected chi connectivity index (χ3v) is 4.72. The molecule has 22 heavy (non-hydrogen) atoms. The highest BCUT2D eigenvalue weighted by Crippen LogP contribution is 2.22. The number of carbonyl (C=O) groups is 1. The number of aromatic nitrogens is 5. The molecule has 0 fully saturated rings. The molecule has 0 saturated carbocycles. The van der Waals surface area contributed by atoms with Crippen LogP contribution in [0, 0.1) is 13.8 Å². The largest absolute Gasteiger partial charge is 0.333 e. The van der Waals surface area contributed by atoms with Gasteiger partial charge in [-0.05, 0) is 25.4 Å². The third kappa shape index (κ3) is 1.98. The summed E-state index contributed by atoms with van der Waals surface area (Å²) >= 11 is 1.15. The van der Waals surface area contributed by atoms with Crippen LogP contribution in [0.2, 0.25) is 0 Å². The summed E-state index contributed by atoms with van der Waals surface area (Å²) in [4.78, 5) is 19.4. The van der Waals surface area contributed by atoms with E-state index in [1.54, 1.807) is 0 Å². The van der Waals surface area contributed by atoms with Crippen LogP contribution >= 0.6 is 11.5 Å². The van der Waals surface area contributed by atoms with Crippen molar-refractivity contribution in [2.45, 2.75) is 26.8 Å². The third-order valence-electron chi connectivity index (χ3n) is 3.90. The van der Waals surface area contributed by atoms with Crippen molar-refractivity contribution in [2.24, 2.45) is 0 Å². The van der Waals surface area contributed by atoms with Crippen LogP contribution in [0.15, 0.2) is 12.3 Å². The number of fused-ring (bicyclic) bond motifs is 3. The number of nitrogens with zero attached hydrogens (tertiary/aromatic N) is 6. The van der Waals surface area contributed by atoms with Gasteiger partial charge in [0, 0.05) is 37.3 Å². The molecular weight excluding hydrogens is 300 g/mol. The van der Waals surface area contributed by atoms with E-state index in [1.807, 2.05) is 35.5 Å². The molecule has 112 valence electrons. The zero-order chi connectivity index (χ0) is 15.3. The molecule has 1 aliphatic rings. The summed E-state index contributed by atoms with van der Waals surface area (Å²) in [7, 11) is 0. The van der Waals surface area contributed by atoms with Crippen molar-refractivity contribution in [2.75, 3.05) is 6.54 Å². The van der Waals surface area contributed by atoms with Crippen molar-refractivity contribution >= 4 is 23.1 Å². The van der Waals surface area contributed by atoms with Gasteiger partial charge in [0.1, 0.15) is 4.88 Å². The van der Waals surface area contributed by atoms with Crippen molar-refractivity contribution in [1.82, 2.24) is 29.1 Å². The highest BCUT2D eigenvalue weighted by Gasteiger charge is 2.26. The predicted molar refractivity (Wildman–Crippen MR) is 80.8 cm³/mol. The molecule has 0 N–H and O–H groups in total. The summed E-state index contributed by atoms with van der Waals surface area (Å²) in [5, 5.41) is 8.41. The molecule has 4 heterocycles. The Morgan fingerprint density at radius 3 is 3.00 bits per heavy atom. The van der Waals surface area contributed by atoms with E-state index >= 15 is 0 Å². The lowest BCUT2D eigenvalue weighted by Gasteiger charge is -2.28. The fourth-order valence-corrected chi connectivity index (χ4v) is 3.42. The van der Waals surface area contributed by atoms with Gasteiger partial charge in [0.25, 0.3) is 5.91 Å². The monoisotopic (exact) mass is 314 g/mol. The van der Waals surface area contributed by atoms with Crippen LogP contribution in [-0.2, 0) is 13.0 Å². The van der Waals surface area contributed by atoms with Crippen LogP contribution in [0.4, 0.5) is 0 Å². The quantitative estimate of drug-likeness (QED) is 0.678. The lowest BCUT2D eigenvalue weighted by atomic mass is 10.1. The molecular formula is C14H14N6OS. The molecule has 3 aromatic heterocycles. The lowest BCUT2D eigenvalue weighted by Crippen LogP contribution is -2.37. The standard InChI is InChI=1S/C14H14N6OS/c1-8-5-12-15-6-10-7-19(4-3-11(10)20(12)17-8)14(21)13-9(2)16-18-22-13/h5-6H,3-4,7H2,1-2H3. The molecule has 0 spiro atoms. The number of aryl methyl sites for hydroxylation is 2. The highest BCUT2D eigenvalue weighted by atomic mass is 32.1. The minimum Gasteiger partial charge on any atom is -0.333 e. The average molecular weight is 314 g/mol. The summed E-state index contributed by atoms with van der Waals surface area (Å²) in [6.07, 6.45) is 2.62. The minimum absolute atomic E-state index is 0.00473. The van der Waals surface area contributed by atoms with E-state index in [0.717, 1.165) is 40.6 Å². The summed E-state index contributed by atoms with van der Waals surface area (Å²) < 4.78 is 5.74. The zero-order valence-corrected chi connectivity index (χ0v) is 13.1. The number of rotatable bonds is 1. The Bertz CT molecular complexity index is 883. The van der Waals surface area contributed by atoms with Gasteiger partial charge in [0.15, 0.2) is 5.65 Å². The molecule has 0 unspecified atom stereocenters. The number of carbonyl (C=O) groups excluding carboxylic acids is 1. The van der Waals surface area contributed by atoms with Gasteiger partial charge in [-0.25, -0.2) is 9.50 Å². The molecule has 8 heteroatoms. The fraction of sp³-hybridized carbons (Fsp3) is 0.357. The van der Waals surface area contributed by atoms with Gasteiger partial charge in [-0.3, -0.25) is 4.79 Å². The smallest absolute Gasteiger partial charge is 0.267 e. The van der Waals surface area contributed by atoms with Gasteiger partial charge in [-0.1, -0.05) is 4.49 Å². The van der Waals surface area contributed by atoms with Crippen molar-refractivity contribution in [3.8, 4) is 0 Å². The Morgan fingerprint density at radius 2 is 2.23 bits per heavy atom. The summed E-state index contributed by atoms with van der Waals surface area (Å²) in [6.45, 7) is 4.99. The molecule has 0 bridgehead atoms. The van der Waals surface area contributed by atoms with E-state index in [0.29, 0.717) is 23.7 Å². The van der Waals surface area contributed by atoms with Gasteiger partial charge >= 0.3 is 0 Å². The second-order valence-electron chi connectivity index (χ2n) is 5.45. The maximum Gasteiger partial charge on any atom is 0.267 e. The first kappa shape index (κ1) is 13.3. The number of hydrogen-bond acceptors (Lipinski definition) is 6. The summed E-state index contributed by atoms with van der Waals surface area (Å²) in [5.74, 6) is -0.00473. The Labute approximate surface area is 130 Å². The lowest BCUT2D eigenvalue weighted by molar-refractivity contribution is 0.0736. The van der Waals surface area contributed by atoms with Gasteiger partial charge in [-0.2, -0.15) is 5.10 Å². The van der Waals surface area contributed by atoms with E-state index in [-0.39, 0.29) is 5.91 Å². The average Bonchev–Trinajstić information content (AvgIpc) is 3.10. The minimum atomic E-state index is -0.00473. The first-order valence-corrected chi connectivity index (χ1v) is 7.82. The maximum atomic E-state index is 12.6. The molecule has 0 saturated heterocycles. The van der Waals surface area contributed by atoms with E-state index in [2.05, 4.69) is 19.7 Å². The van der Waals surface area contributed by atoms with Crippen LogP contribution in [0.3, 0.4) is 0 Å². The van der Waals surface area contributed by atoms with Crippen LogP contribution in [-0.4, -0.2) is 41.5 Å². The molecule has 0 aliphatic carbocycles. The summed E-state index contributed by atoms with van der Waals surface area (Å²) in [5.41, 5.74) is 4.69. The molecule has 1 amide bonds. The normalized spacial score (nSPS) is 14.4. The molecule has 0 aromatic carbocycles. The van der Waals surface area contributed by atoms with Crippen LogP contribution in [0.1, 0.15) is 32.3 Å². The summed E-state index contributed by atoms with van der Waals surface area (Å²) in [6, 6.07) is 1.96. The Morgan fingerprint density at radius 1 is 1.36 bits per heavy atom. The van der Waals surface area contributed by atoms with E-state index in [4.69, 9.17) is 0 Å². The van der Waals surface area contributed by atoms with Gasteiger partial charge in [0.2, 0.25) is 0 Å². The van der Waals surface area contributed by atoms with Crippen molar-refractivity contribution in [1.29, 1.82) is 0 Å². The molecule has 0 radical (unpaired) electrons. The Hall–Kier alpha value is -2.35. The predicted octanol–water partition coefficient (Wildman–Crippen LogP) is 1.40. The number of hydrogen-bond donors (Lipinski definition) is 0. The molecule has 3 aromatic rings. The van der Waals surface area contributed by atoms with Gasteiger partial charge in [0.05, 0.1) is 17.1 Å². The van der Waals surface area contributed by atoms with E-state index in [1.165, 1.54) is 0 Å². The van der Waals surface area contributed by atoms with E-state index < -0.39 is 0 Å². The molecule has 4 rings (SSSR count). The first-order valence-electron chi connectivity index (χ1n) is 7.05. The molecule has 7 nitrogen and oxygen atoms in total. The topological polar surface area (TPSA) is 76.3 Å². The first-order chi connectivity index (χ1) is 10.6. The second kappa shape index (κ2) is 4.84.